The Morgan fingerprint density at radius 1 is 0.840 bits per heavy atom. The standard InChI is InChI=1S/C38H50O12/c1-14-12-23-37(10,38(11,16(3)45-23)50-20(7)42)28-25(14)36(9)27(30(28)44)24-26(15(2)33(36)47-18(5)40)35(8)21(29(43)32(24)46-17(4)39)13-22-31(49-22)34(35)48-19(6)41/h12,14-15,21-22,24-28,30-34,44H,3,13H2,1-2,4-11H3/t14-,15?,21-,22+,24-,25+,26?,27-,28+,30-,31+,32-,33+,34+,35+,36-,37+,38-/m1/s1. The van der Waals surface area contributed by atoms with E-state index < -0.39 is 118 Å². The van der Waals surface area contributed by atoms with Crippen molar-refractivity contribution in [2.75, 3.05) is 0 Å². The molecular weight excluding hydrogens is 648 g/mol. The summed E-state index contributed by atoms with van der Waals surface area (Å²) in [5, 5.41) is 13.1. The second kappa shape index (κ2) is 10.9. The maximum absolute atomic E-state index is 14.9. The van der Waals surface area contributed by atoms with Crippen molar-refractivity contribution < 1.29 is 57.5 Å². The minimum atomic E-state index is -1.38. The number of hydrogen-bond donors (Lipinski definition) is 1. The van der Waals surface area contributed by atoms with Crippen LogP contribution in [0.5, 0.6) is 0 Å². The highest BCUT2D eigenvalue weighted by Crippen LogP contribution is 2.77. The molecule has 5 aliphatic carbocycles. The van der Waals surface area contributed by atoms with Gasteiger partial charge in [-0.2, -0.15) is 0 Å². The molecular formula is C38H50O12. The van der Waals surface area contributed by atoms with Crippen LogP contribution in [0.4, 0.5) is 0 Å². The third-order valence-corrected chi connectivity index (χ3v) is 14.6. The van der Waals surface area contributed by atoms with E-state index in [-0.39, 0.29) is 23.6 Å². The molecule has 2 unspecified atom stereocenters. The summed E-state index contributed by atoms with van der Waals surface area (Å²) in [5.74, 6) is -6.22. The van der Waals surface area contributed by atoms with E-state index in [1.165, 1.54) is 27.7 Å². The van der Waals surface area contributed by atoms with Gasteiger partial charge in [0.05, 0.1) is 17.6 Å². The number of hydrogen-bond acceptors (Lipinski definition) is 12. The maximum Gasteiger partial charge on any atom is 0.303 e. The number of allylic oxidation sites excluding steroid dienone is 1. The summed E-state index contributed by atoms with van der Waals surface area (Å²) in [6, 6.07) is 0. The van der Waals surface area contributed by atoms with Gasteiger partial charge in [-0.25, -0.2) is 0 Å². The number of ketones is 1. The first-order valence-corrected chi connectivity index (χ1v) is 17.8. The zero-order valence-electron chi connectivity index (χ0n) is 30.5. The number of carbonyl (C=O) groups is 5. The minimum absolute atomic E-state index is 0.232. The van der Waals surface area contributed by atoms with Crippen molar-refractivity contribution in [3.8, 4) is 0 Å². The van der Waals surface area contributed by atoms with Crippen LogP contribution >= 0.6 is 0 Å². The molecule has 6 fully saturated rings. The number of esters is 4. The second-order valence-electron chi connectivity index (χ2n) is 16.9. The summed E-state index contributed by atoms with van der Waals surface area (Å²) in [6.45, 7) is 21.0. The van der Waals surface area contributed by atoms with Crippen LogP contribution in [0.15, 0.2) is 24.2 Å². The summed E-state index contributed by atoms with van der Waals surface area (Å²) in [4.78, 5) is 66.0. The van der Waals surface area contributed by atoms with Gasteiger partial charge in [-0.15, -0.1) is 0 Å². The van der Waals surface area contributed by atoms with E-state index in [2.05, 4.69) is 6.58 Å². The third kappa shape index (κ3) is 4.20. The number of aliphatic hydroxyl groups is 1. The first-order valence-electron chi connectivity index (χ1n) is 17.8. The molecule has 274 valence electrons. The summed E-state index contributed by atoms with van der Waals surface area (Å²) in [7, 11) is 0. The SMILES string of the molecule is C=C1OC2=C[C@@H](C)[C@H]3[C@@H]([C@H](O)[C@H]4[C@H]5C(C(C)[C@H](OC(C)=O)[C@]34C)[C@]3(C)[C@H](C[C@@H]4O[C@@H]4[C@@H]3OC(C)=O)C(=O)[C@@H]5OC(C)=O)[C@@]2(C)[C@]1(C)OC(C)=O. The number of epoxide rings is 1. The smallest absolute Gasteiger partial charge is 0.303 e. The van der Waals surface area contributed by atoms with E-state index in [4.69, 9.17) is 28.4 Å². The quantitative estimate of drug-likeness (QED) is 0.258. The van der Waals surface area contributed by atoms with E-state index in [1.54, 1.807) is 6.92 Å². The zero-order chi connectivity index (χ0) is 36.8. The maximum atomic E-state index is 14.9. The molecule has 0 amide bonds. The largest absolute Gasteiger partial charge is 0.462 e. The molecule has 1 N–H and O–H groups in total. The van der Waals surface area contributed by atoms with Crippen LogP contribution in [-0.2, 0) is 52.4 Å². The lowest BCUT2D eigenvalue weighted by molar-refractivity contribution is -0.254. The molecule has 0 bridgehead atoms. The molecule has 50 heavy (non-hydrogen) atoms. The summed E-state index contributed by atoms with van der Waals surface area (Å²) >= 11 is 0. The average molecular weight is 699 g/mol. The van der Waals surface area contributed by atoms with Crippen molar-refractivity contribution in [1.82, 2.24) is 0 Å². The van der Waals surface area contributed by atoms with Gasteiger partial charge >= 0.3 is 23.9 Å². The summed E-state index contributed by atoms with van der Waals surface area (Å²) < 4.78 is 36.8. The number of rotatable bonds is 4. The Morgan fingerprint density at radius 2 is 1.44 bits per heavy atom. The van der Waals surface area contributed by atoms with Crippen LogP contribution in [-0.4, -0.2) is 77.0 Å². The van der Waals surface area contributed by atoms with Crippen LogP contribution in [0, 0.1) is 63.6 Å². The van der Waals surface area contributed by atoms with Crippen LogP contribution in [0.1, 0.15) is 75.7 Å². The molecule has 12 heteroatoms. The number of fused-ring (bicyclic) bond motifs is 10. The zero-order valence-corrected chi connectivity index (χ0v) is 30.5. The number of carbonyl (C=O) groups excluding carboxylic acids is 5. The lowest BCUT2D eigenvalue weighted by atomic mass is 9.39. The lowest BCUT2D eigenvalue weighted by Crippen LogP contribution is -2.72. The van der Waals surface area contributed by atoms with Gasteiger partial charge in [-0.3, -0.25) is 24.0 Å². The average Bonchev–Trinajstić information content (AvgIpc) is 3.68. The van der Waals surface area contributed by atoms with Crippen molar-refractivity contribution in [2.24, 2.45) is 63.6 Å². The molecule has 18 atom stereocenters. The van der Waals surface area contributed by atoms with Crippen LogP contribution in [0.25, 0.3) is 0 Å². The van der Waals surface area contributed by atoms with Crippen molar-refractivity contribution in [3.63, 3.8) is 0 Å². The van der Waals surface area contributed by atoms with Gasteiger partial charge < -0.3 is 33.5 Å². The Bertz CT molecular complexity index is 1620. The highest BCUT2D eigenvalue weighted by atomic mass is 16.6. The van der Waals surface area contributed by atoms with Gasteiger partial charge in [0, 0.05) is 62.2 Å². The van der Waals surface area contributed by atoms with Crippen LogP contribution in [0.3, 0.4) is 0 Å². The molecule has 0 radical (unpaired) electrons. The molecule has 4 saturated carbocycles. The van der Waals surface area contributed by atoms with Crippen LogP contribution < -0.4 is 0 Å². The summed E-state index contributed by atoms with van der Waals surface area (Å²) in [5.41, 5.74) is -4.51. The normalized spacial score (nSPS) is 52.3. The fourth-order valence-corrected chi connectivity index (χ4v) is 13.0. The highest BCUT2D eigenvalue weighted by Gasteiger charge is 2.82. The van der Waals surface area contributed by atoms with Crippen LogP contribution in [0.2, 0.25) is 0 Å². The van der Waals surface area contributed by atoms with Crippen molar-refractivity contribution in [2.45, 2.75) is 118 Å². The highest BCUT2D eigenvalue weighted by molar-refractivity contribution is 5.90. The van der Waals surface area contributed by atoms with E-state index in [0.29, 0.717) is 12.2 Å². The Morgan fingerprint density at radius 3 is 2.02 bits per heavy atom. The first-order chi connectivity index (χ1) is 23.2. The predicted molar refractivity (Wildman–Crippen MR) is 173 cm³/mol. The van der Waals surface area contributed by atoms with Gasteiger partial charge in [-0.1, -0.05) is 34.3 Å². The van der Waals surface area contributed by atoms with Gasteiger partial charge in [0.2, 0.25) is 0 Å². The fourth-order valence-electron chi connectivity index (χ4n) is 13.0. The van der Waals surface area contributed by atoms with Gasteiger partial charge in [0.25, 0.3) is 0 Å². The fraction of sp³-hybridized carbons (Fsp3) is 0.763. The molecule has 0 aromatic carbocycles. The molecule has 2 heterocycles. The number of ether oxygens (including phenoxy) is 6. The lowest BCUT2D eigenvalue weighted by Gasteiger charge is -2.65. The van der Waals surface area contributed by atoms with E-state index in [9.17, 15) is 29.1 Å². The van der Waals surface area contributed by atoms with E-state index in [1.807, 2.05) is 40.7 Å². The predicted octanol–water partition coefficient (Wildman–Crippen LogP) is 3.67. The van der Waals surface area contributed by atoms with Crippen molar-refractivity contribution in [1.29, 1.82) is 0 Å². The Hall–Kier alpha value is -3.25. The second-order valence-corrected chi connectivity index (χ2v) is 16.9. The summed E-state index contributed by atoms with van der Waals surface area (Å²) in [6.07, 6.45) is -2.34. The van der Waals surface area contributed by atoms with Crippen molar-refractivity contribution >= 4 is 29.7 Å². The molecule has 0 spiro atoms. The topological polar surface area (TPSA) is 164 Å². The number of Topliss-reactive ketones (excluding diaryl/α,β-unsaturated/α-hetero) is 1. The first kappa shape index (κ1) is 35.2. The molecule has 0 aromatic heterocycles. The van der Waals surface area contributed by atoms with E-state index in [0.717, 1.165) is 0 Å². The minimum Gasteiger partial charge on any atom is -0.462 e. The molecule has 0 aromatic rings. The van der Waals surface area contributed by atoms with Gasteiger partial charge in [0.1, 0.15) is 29.8 Å². The Kier molecular flexibility index (Phi) is 7.65. The van der Waals surface area contributed by atoms with Gasteiger partial charge in [0.15, 0.2) is 17.5 Å². The van der Waals surface area contributed by atoms with E-state index >= 15 is 0 Å². The van der Waals surface area contributed by atoms with Gasteiger partial charge in [-0.05, 0) is 50.0 Å². The Balaban J connectivity index is 1.48. The molecule has 7 aliphatic rings. The molecule has 12 nitrogen and oxygen atoms in total. The molecule has 2 aliphatic heterocycles. The monoisotopic (exact) mass is 698 g/mol. The van der Waals surface area contributed by atoms with Crippen molar-refractivity contribution in [3.05, 3.63) is 24.2 Å². The number of aliphatic hydroxyl groups excluding tert-OH is 1. The third-order valence-electron chi connectivity index (χ3n) is 14.6. The molecule has 2 saturated heterocycles. The Labute approximate surface area is 292 Å². The molecule has 7 rings (SSSR count).